The smallest absolute Gasteiger partial charge is 0.0340 e. The summed E-state index contributed by atoms with van der Waals surface area (Å²) in [6, 6.07) is 16.8. The van der Waals surface area contributed by atoms with E-state index in [1.54, 1.807) is 0 Å². The molecule has 0 aliphatic rings. The first-order valence-corrected chi connectivity index (χ1v) is 6.59. The molecule has 0 saturated carbocycles. The number of anilines is 1. The SMILES string of the molecule is Cc1ccc(NCCc2ccccc2Br)cc1. The van der Waals surface area contributed by atoms with Crippen molar-refractivity contribution < 1.29 is 0 Å². The Balaban J connectivity index is 1.88. The third kappa shape index (κ3) is 3.60. The molecular formula is C15H16BrN. The van der Waals surface area contributed by atoms with Crippen LogP contribution in [0.5, 0.6) is 0 Å². The van der Waals surface area contributed by atoms with Crippen LogP contribution in [0.4, 0.5) is 5.69 Å². The van der Waals surface area contributed by atoms with Crippen molar-refractivity contribution >= 4 is 21.6 Å². The van der Waals surface area contributed by atoms with E-state index in [0.717, 1.165) is 13.0 Å². The predicted octanol–water partition coefficient (Wildman–Crippen LogP) is 4.41. The van der Waals surface area contributed by atoms with Crippen molar-refractivity contribution in [1.29, 1.82) is 0 Å². The molecule has 2 heteroatoms. The van der Waals surface area contributed by atoms with Crippen LogP contribution in [0.1, 0.15) is 11.1 Å². The minimum atomic E-state index is 0.950. The second-order valence-corrected chi connectivity index (χ2v) is 4.99. The van der Waals surface area contributed by atoms with Crippen LogP contribution in [-0.4, -0.2) is 6.54 Å². The Kier molecular flexibility index (Phi) is 4.21. The molecule has 1 N–H and O–H groups in total. The van der Waals surface area contributed by atoms with Crippen LogP contribution in [0.15, 0.2) is 53.0 Å². The first kappa shape index (κ1) is 12.2. The second-order valence-electron chi connectivity index (χ2n) is 4.13. The van der Waals surface area contributed by atoms with E-state index < -0.39 is 0 Å². The average Bonchev–Trinajstić information content (AvgIpc) is 2.34. The van der Waals surface area contributed by atoms with Crippen molar-refractivity contribution in [1.82, 2.24) is 0 Å². The molecule has 0 unspecified atom stereocenters. The fourth-order valence-electron chi connectivity index (χ4n) is 1.71. The molecule has 0 saturated heterocycles. The zero-order chi connectivity index (χ0) is 12.1. The van der Waals surface area contributed by atoms with Crippen LogP contribution in [0.25, 0.3) is 0 Å². The van der Waals surface area contributed by atoms with E-state index in [0.29, 0.717) is 0 Å². The summed E-state index contributed by atoms with van der Waals surface area (Å²) in [5.74, 6) is 0. The molecule has 1 nitrogen and oxygen atoms in total. The largest absolute Gasteiger partial charge is 0.385 e. The van der Waals surface area contributed by atoms with Crippen molar-refractivity contribution in [3.8, 4) is 0 Å². The number of nitrogens with one attached hydrogen (secondary N) is 1. The topological polar surface area (TPSA) is 12.0 Å². The third-order valence-electron chi connectivity index (χ3n) is 2.73. The maximum atomic E-state index is 3.56. The highest BCUT2D eigenvalue weighted by Gasteiger charge is 1.98. The van der Waals surface area contributed by atoms with Gasteiger partial charge in [0, 0.05) is 16.7 Å². The Hall–Kier alpha value is -1.28. The zero-order valence-electron chi connectivity index (χ0n) is 9.91. The average molecular weight is 290 g/mol. The molecule has 0 heterocycles. The third-order valence-corrected chi connectivity index (χ3v) is 3.51. The van der Waals surface area contributed by atoms with Gasteiger partial charge in [-0.1, -0.05) is 51.8 Å². The molecule has 0 bridgehead atoms. The van der Waals surface area contributed by atoms with Gasteiger partial charge in [0.25, 0.3) is 0 Å². The minimum Gasteiger partial charge on any atom is -0.385 e. The number of benzene rings is 2. The number of aryl methyl sites for hydroxylation is 1. The van der Waals surface area contributed by atoms with Crippen LogP contribution < -0.4 is 5.32 Å². The summed E-state index contributed by atoms with van der Waals surface area (Å²) in [6.07, 6.45) is 1.02. The van der Waals surface area contributed by atoms with Crippen LogP contribution in [-0.2, 0) is 6.42 Å². The van der Waals surface area contributed by atoms with Gasteiger partial charge >= 0.3 is 0 Å². The Morgan fingerprint density at radius 1 is 1.00 bits per heavy atom. The molecule has 0 aliphatic heterocycles. The van der Waals surface area contributed by atoms with Crippen LogP contribution in [0.2, 0.25) is 0 Å². The normalized spacial score (nSPS) is 10.2. The van der Waals surface area contributed by atoms with Crippen molar-refractivity contribution in [3.63, 3.8) is 0 Å². The summed E-state index contributed by atoms with van der Waals surface area (Å²) in [5, 5.41) is 3.43. The van der Waals surface area contributed by atoms with Gasteiger partial charge in [0.15, 0.2) is 0 Å². The maximum Gasteiger partial charge on any atom is 0.0340 e. The zero-order valence-corrected chi connectivity index (χ0v) is 11.5. The first-order chi connectivity index (χ1) is 8.25. The van der Waals surface area contributed by atoms with Crippen LogP contribution in [0, 0.1) is 6.92 Å². The lowest BCUT2D eigenvalue weighted by Crippen LogP contribution is -2.05. The van der Waals surface area contributed by atoms with E-state index in [9.17, 15) is 0 Å². The van der Waals surface area contributed by atoms with Gasteiger partial charge in [0.2, 0.25) is 0 Å². The highest BCUT2D eigenvalue weighted by atomic mass is 79.9. The first-order valence-electron chi connectivity index (χ1n) is 5.79. The summed E-state index contributed by atoms with van der Waals surface area (Å²) in [4.78, 5) is 0. The van der Waals surface area contributed by atoms with Gasteiger partial charge in [0.05, 0.1) is 0 Å². The molecule has 2 aromatic rings. The van der Waals surface area contributed by atoms with Gasteiger partial charge in [-0.2, -0.15) is 0 Å². The summed E-state index contributed by atoms with van der Waals surface area (Å²) in [6.45, 7) is 3.05. The molecule has 88 valence electrons. The Morgan fingerprint density at radius 3 is 2.41 bits per heavy atom. The van der Waals surface area contributed by atoms with Crippen molar-refractivity contribution in [2.45, 2.75) is 13.3 Å². The van der Waals surface area contributed by atoms with E-state index in [2.05, 4.69) is 70.6 Å². The van der Waals surface area contributed by atoms with E-state index in [1.165, 1.54) is 21.3 Å². The summed E-state index contributed by atoms with van der Waals surface area (Å²) in [7, 11) is 0. The Morgan fingerprint density at radius 2 is 1.71 bits per heavy atom. The molecule has 2 aromatic carbocycles. The minimum absolute atomic E-state index is 0.950. The fourth-order valence-corrected chi connectivity index (χ4v) is 2.20. The molecule has 0 aliphatic carbocycles. The van der Waals surface area contributed by atoms with E-state index >= 15 is 0 Å². The number of halogens is 1. The van der Waals surface area contributed by atoms with Gasteiger partial charge in [-0.15, -0.1) is 0 Å². The lowest BCUT2D eigenvalue weighted by molar-refractivity contribution is 1.01. The molecule has 0 spiro atoms. The van der Waals surface area contributed by atoms with E-state index in [-0.39, 0.29) is 0 Å². The van der Waals surface area contributed by atoms with Crippen molar-refractivity contribution in [3.05, 3.63) is 64.1 Å². The molecule has 2 rings (SSSR count). The van der Waals surface area contributed by atoms with Gasteiger partial charge in [-0.3, -0.25) is 0 Å². The van der Waals surface area contributed by atoms with Gasteiger partial charge < -0.3 is 5.32 Å². The fraction of sp³-hybridized carbons (Fsp3) is 0.200. The van der Waals surface area contributed by atoms with Crippen molar-refractivity contribution in [2.24, 2.45) is 0 Å². The summed E-state index contributed by atoms with van der Waals surface area (Å²) < 4.78 is 1.19. The molecule has 0 fully saturated rings. The Bertz CT molecular complexity index is 477. The van der Waals surface area contributed by atoms with Crippen LogP contribution >= 0.6 is 15.9 Å². The van der Waals surface area contributed by atoms with Gasteiger partial charge in [-0.05, 0) is 37.1 Å². The van der Waals surface area contributed by atoms with Crippen LogP contribution in [0.3, 0.4) is 0 Å². The van der Waals surface area contributed by atoms with Gasteiger partial charge in [-0.25, -0.2) is 0 Å². The van der Waals surface area contributed by atoms with Crippen molar-refractivity contribution in [2.75, 3.05) is 11.9 Å². The monoisotopic (exact) mass is 289 g/mol. The quantitative estimate of drug-likeness (QED) is 0.879. The lowest BCUT2D eigenvalue weighted by atomic mass is 10.1. The molecule has 0 aromatic heterocycles. The summed E-state index contributed by atoms with van der Waals surface area (Å²) >= 11 is 3.56. The Labute approximate surface area is 111 Å². The number of hydrogen-bond acceptors (Lipinski definition) is 1. The molecule has 0 atom stereocenters. The lowest BCUT2D eigenvalue weighted by Gasteiger charge is -2.08. The molecule has 0 amide bonds. The van der Waals surface area contributed by atoms with E-state index in [1.807, 2.05) is 6.07 Å². The molecule has 0 radical (unpaired) electrons. The summed E-state index contributed by atoms with van der Waals surface area (Å²) in [5.41, 5.74) is 3.82. The highest BCUT2D eigenvalue weighted by molar-refractivity contribution is 9.10. The molecule has 17 heavy (non-hydrogen) atoms. The number of hydrogen-bond donors (Lipinski definition) is 1. The van der Waals surface area contributed by atoms with E-state index in [4.69, 9.17) is 0 Å². The number of rotatable bonds is 4. The predicted molar refractivity (Wildman–Crippen MR) is 77.5 cm³/mol. The maximum absolute atomic E-state index is 3.56. The van der Waals surface area contributed by atoms with Gasteiger partial charge in [0.1, 0.15) is 0 Å². The highest BCUT2D eigenvalue weighted by Crippen LogP contribution is 2.16. The second kappa shape index (κ2) is 5.87. The molecular weight excluding hydrogens is 274 g/mol. The standard InChI is InChI=1S/C15H16BrN/c1-12-6-8-14(9-7-12)17-11-10-13-4-2-3-5-15(13)16/h2-9,17H,10-11H2,1H3.